The number of hydrogen-bond donors (Lipinski definition) is 1. The van der Waals surface area contributed by atoms with E-state index in [1.165, 1.54) is 0 Å². The molecule has 2 heterocycles. The van der Waals surface area contributed by atoms with Gasteiger partial charge in [-0.05, 0) is 18.2 Å². The van der Waals surface area contributed by atoms with Crippen LogP contribution in [0, 0.1) is 0 Å². The fourth-order valence-electron chi connectivity index (χ4n) is 2.17. The number of alkyl halides is 1. The maximum absolute atomic E-state index is 11.9. The first kappa shape index (κ1) is 11.5. The number of amides is 1. The molecular formula is C13H12BrN3O. The summed E-state index contributed by atoms with van der Waals surface area (Å²) in [5.74, 6) is 0.165. The van der Waals surface area contributed by atoms with Crippen LogP contribution in [0.15, 0.2) is 36.5 Å². The molecule has 0 saturated carbocycles. The number of anilines is 1. The Balaban J connectivity index is 1.94. The van der Waals surface area contributed by atoms with Crippen molar-refractivity contribution in [3.63, 3.8) is 0 Å². The van der Waals surface area contributed by atoms with Crippen molar-refractivity contribution < 1.29 is 4.79 Å². The average Bonchev–Trinajstić information content (AvgIpc) is 2.99. The maximum Gasteiger partial charge on any atom is 0.228 e. The highest BCUT2D eigenvalue weighted by molar-refractivity contribution is 9.09. The Kier molecular flexibility index (Phi) is 2.91. The van der Waals surface area contributed by atoms with Gasteiger partial charge in [-0.3, -0.25) is 9.89 Å². The number of nitrogens with one attached hydrogen (secondary N) is 1. The summed E-state index contributed by atoms with van der Waals surface area (Å²) in [4.78, 5) is 13.9. The van der Waals surface area contributed by atoms with Crippen molar-refractivity contribution in [1.29, 1.82) is 0 Å². The van der Waals surface area contributed by atoms with Crippen molar-refractivity contribution >= 4 is 27.5 Å². The number of aromatic nitrogens is 2. The molecule has 0 bridgehead atoms. The normalized spacial score (nSPS) is 19.5. The second-order valence-electron chi connectivity index (χ2n) is 4.33. The molecule has 92 valence electrons. The summed E-state index contributed by atoms with van der Waals surface area (Å²) in [5, 5.41) is 6.87. The zero-order chi connectivity index (χ0) is 12.5. The predicted octanol–water partition coefficient (Wildman–Crippen LogP) is 2.58. The first-order valence-electron chi connectivity index (χ1n) is 5.78. The van der Waals surface area contributed by atoms with E-state index < -0.39 is 0 Å². The Morgan fingerprint density at radius 2 is 2.28 bits per heavy atom. The van der Waals surface area contributed by atoms with Crippen LogP contribution in [0.4, 0.5) is 5.69 Å². The number of rotatable bonds is 2. The number of halogens is 1. The molecule has 5 heteroatoms. The molecule has 1 aliphatic heterocycles. The summed E-state index contributed by atoms with van der Waals surface area (Å²) in [6, 6.07) is 9.85. The molecule has 1 amide bonds. The summed E-state index contributed by atoms with van der Waals surface area (Å²) in [6.45, 7) is 0.727. The lowest BCUT2D eigenvalue weighted by Crippen LogP contribution is -2.24. The van der Waals surface area contributed by atoms with Gasteiger partial charge in [-0.25, -0.2) is 0 Å². The zero-order valence-electron chi connectivity index (χ0n) is 9.64. The number of hydrogen-bond acceptors (Lipinski definition) is 2. The van der Waals surface area contributed by atoms with Gasteiger partial charge >= 0.3 is 0 Å². The van der Waals surface area contributed by atoms with Crippen LogP contribution < -0.4 is 4.90 Å². The van der Waals surface area contributed by atoms with Crippen LogP contribution in [0.3, 0.4) is 0 Å². The third kappa shape index (κ3) is 2.06. The van der Waals surface area contributed by atoms with Crippen molar-refractivity contribution in [2.24, 2.45) is 0 Å². The fraction of sp³-hybridized carbons (Fsp3) is 0.231. The van der Waals surface area contributed by atoms with Gasteiger partial charge in [0.25, 0.3) is 0 Å². The first-order chi connectivity index (χ1) is 8.74. The van der Waals surface area contributed by atoms with Crippen molar-refractivity contribution in [1.82, 2.24) is 10.2 Å². The minimum absolute atomic E-state index is 0.165. The maximum atomic E-state index is 11.9. The Morgan fingerprint density at radius 1 is 1.39 bits per heavy atom. The molecule has 0 radical (unpaired) electrons. The van der Waals surface area contributed by atoms with Crippen LogP contribution in [0.2, 0.25) is 0 Å². The highest BCUT2D eigenvalue weighted by Gasteiger charge is 2.28. The largest absolute Gasteiger partial charge is 0.311 e. The molecule has 1 saturated heterocycles. The third-order valence-corrected chi connectivity index (χ3v) is 3.66. The minimum Gasteiger partial charge on any atom is -0.311 e. The van der Waals surface area contributed by atoms with E-state index in [2.05, 4.69) is 26.1 Å². The molecule has 1 aromatic carbocycles. The van der Waals surface area contributed by atoms with Crippen LogP contribution >= 0.6 is 15.9 Å². The Labute approximate surface area is 113 Å². The second kappa shape index (κ2) is 4.57. The monoisotopic (exact) mass is 305 g/mol. The average molecular weight is 306 g/mol. The molecule has 3 rings (SSSR count). The van der Waals surface area contributed by atoms with E-state index in [9.17, 15) is 4.79 Å². The zero-order valence-corrected chi connectivity index (χ0v) is 11.2. The molecule has 1 unspecified atom stereocenters. The molecule has 1 aromatic heterocycles. The molecule has 4 nitrogen and oxygen atoms in total. The fourth-order valence-corrected chi connectivity index (χ4v) is 2.74. The van der Waals surface area contributed by atoms with Crippen molar-refractivity contribution in [2.45, 2.75) is 11.2 Å². The van der Waals surface area contributed by atoms with Gasteiger partial charge in [0, 0.05) is 35.2 Å². The summed E-state index contributed by atoms with van der Waals surface area (Å²) in [6.07, 6.45) is 2.28. The number of carbonyl (C=O) groups is 1. The third-order valence-electron chi connectivity index (χ3n) is 3.05. The van der Waals surface area contributed by atoms with E-state index >= 15 is 0 Å². The van der Waals surface area contributed by atoms with Gasteiger partial charge in [-0.15, -0.1) is 0 Å². The Hall–Kier alpha value is -1.62. The molecular weight excluding hydrogens is 294 g/mol. The first-order valence-corrected chi connectivity index (χ1v) is 6.70. The highest BCUT2D eigenvalue weighted by Crippen LogP contribution is 2.28. The minimum atomic E-state index is 0.165. The van der Waals surface area contributed by atoms with Crippen molar-refractivity contribution in [3.8, 4) is 11.3 Å². The summed E-state index contributed by atoms with van der Waals surface area (Å²) >= 11 is 3.49. The molecule has 1 atom stereocenters. The molecule has 0 aliphatic carbocycles. The smallest absolute Gasteiger partial charge is 0.228 e. The second-order valence-corrected chi connectivity index (χ2v) is 5.62. The van der Waals surface area contributed by atoms with Crippen LogP contribution in [0.1, 0.15) is 6.42 Å². The van der Waals surface area contributed by atoms with Crippen LogP contribution in [-0.2, 0) is 4.79 Å². The molecule has 18 heavy (non-hydrogen) atoms. The summed E-state index contributed by atoms with van der Waals surface area (Å²) in [7, 11) is 0. The highest BCUT2D eigenvalue weighted by atomic mass is 79.9. The number of H-pyrrole nitrogens is 1. The van der Waals surface area contributed by atoms with Gasteiger partial charge in [-0.2, -0.15) is 5.10 Å². The number of carbonyl (C=O) groups excluding carboxylic acids is 1. The molecule has 0 spiro atoms. The Morgan fingerprint density at radius 3 is 2.94 bits per heavy atom. The van der Waals surface area contributed by atoms with E-state index in [1.807, 2.05) is 35.2 Å². The lowest BCUT2D eigenvalue weighted by atomic mass is 10.1. The summed E-state index contributed by atoms with van der Waals surface area (Å²) in [5.41, 5.74) is 2.93. The van der Waals surface area contributed by atoms with E-state index in [0.29, 0.717) is 6.42 Å². The SMILES string of the molecule is O=C1CC(Br)CN1c1cccc(-c2ccn[nH]2)c1. The van der Waals surface area contributed by atoms with Crippen LogP contribution in [-0.4, -0.2) is 27.5 Å². The van der Waals surface area contributed by atoms with Crippen LogP contribution in [0.25, 0.3) is 11.3 Å². The standard InChI is InChI=1S/C13H12BrN3O/c14-10-7-13(18)17(8-10)11-3-1-2-9(6-11)12-4-5-15-16-12/h1-6,10H,7-8H2,(H,15,16). The van der Waals surface area contributed by atoms with Crippen molar-refractivity contribution in [3.05, 3.63) is 36.5 Å². The summed E-state index contributed by atoms with van der Waals surface area (Å²) < 4.78 is 0. The van der Waals surface area contributed by atoms with Gasteiger partial charge in [-0.1, -0.05) is 28.1 Å². The number of aromatic amines is 1. The van der Waals surface area contributed by atoms with Gasteiger partial charge in [0.2, 0.25) is 5.91 Å². The van der Waals surface area contributed by atoms with Gasteiger partial charge in [0.05, 0.1) is 5.69 Å². The van der Waals surface area contributed by atoms with Crippen molar-refractivity contribution in [2.75, 3.05) is 11.4 Å². The number of nitrogens with zero attached hydrogens (tertiary/aromatic N) is 2. The molecule has 1 fully saturated rings. The topological polar surface area (TPSA) is 49.0 Å². The molecule has 1 N–H and O–H groups in total. The Bertz CT molecular complexity index is 567. The lowest BCUT2D eigenvalue weighted by Gasteiger charge is -2.16. The van der Waals surface area contributed by atoms with E-state index in [4.69, 9.17) is 0 Å². The lowest BCUT2D eigenvalue weighted by molar-refractivity contribution is -0.117. The van der Waals surface area contributed by atoms with Crippen LogP contribution in [0.5, 0.6) is 0 Å². The van der Waals surface area contributed by atoms with E-state index in [0.717, 1.165) is 23.5 Å². The van der Waals surface area contributed by atoms with E-state index in [1.54, 1.807) is 6.20 Å². The van der Waals surface area contributed by atoms with E-state index in [-0.39, 0.29) is 10.7 Å². The quantitative estimate of drug-likeness (QED) is 0.867. The van der Waals surface area contributed by atoms with Gasteiger partial charge in [0.1, 0.15) is 0 Å². The van der Waals surface area contributed by atoms with Gasteiger partial charge < -0.3 is 4.90 Å². The molecule has 2 aromatic rings. The number of benzene rings is 1. The van der Waals surface area contributed by atoms with Gasteiger partial charge in [0.15, 0.2) is 0 Å². The predicted molar refractivity (Wildman–Crippen MR) is 73.7 cm³/mol. The molecule has 1 aliphatic rings.